The van der Waals surface area contributed by atoms with Crippen molar-refractivity contribution >= 4 is 41.6 Å². The lowest BCUT2D eigenvalue weighted by molar-refractivity contribution is 0.669. The molecule has 3 aromatic carbocycles. The van der Waals surface area contributed by atoms with Gasteiger partial charge in [-0.05, 0) is 47.5 Å². The zero-order chi connectivity index (χ0) is 18.3. The molecule has 0 N–H and O–H groups in total. The van der Waals surface area contributed by atoms with E-state index < -0.39 is 8.07 Å². The Balaban J connectivity index is 1.93. The summed E-state index contributed by atoms with van der Waals surface area (Å²) in [4.78, 5) is 0. The normalized spacial score (nSPS) is 11.5. The zero-order valence-electron chi connectivity index (χ0n) is 15.1. The Morgan fingerprint density at radius 2 is 1.62 bits per heavy atom. The van der Waals surface area contributed by atoms with E-state index in [1.807, 2.05) is 42.5 Å². The number of rotatable bonds is 1. The minimum atomic E-state index is -1.46. The molecule has 0 aliphatic heterocycles. The van der Waals surface area contributed by atoms with E-state index in [1.54, 1.807) is 0 Å². The van der Waals surface area contributed by atoms with Gasteiger partial charge in [0.1, 0.15) is 19.2 Å². The van der Waals surface area contributed by atoms with Crippen molar-refractivity contribution in [1.29, 1.82) is 0 Å². The van der Waals surface area contributed by atoms with Crippen molar-refractivity contribution in [2.75, 3.05) is 0 Å². The lowest BCUT2D eigenvalue weighted by Crippen LogP contribution is -2.16. The van der Waals surface area contributed by atoms with Gasteiger partial charge < -0.3 is 4.42 Å². The second-order valence-electron chi connectivity index (χ2n) is 7.50. The Labute approximate surface area is 159 Å². The molecule has 4 rings (SSSR count). The van der Waals surface area contributed by atoms with Crippen LogP contribution in [0.5, 0.6) is 0 Å². The summed E-state index contributed by atoms with van der Waals surface area (Å²) in [6, 6.07) is 20.3. The van der Waals surface area contributed by atoms with Crippen LogP contribution in [-0.2, 0) is 0 Å². The van der Waals surface area contributed by atoms with E-state index >= 15 is 0 Å². The van der Waals surface area contributed by atoms with Gasteiger partial charge >= 0.3 is 0 Å². The van der Waals surface area contributed by atoms with Crippen molar-refractivity contribution in [3.63, 3.8) is 0 Å². The van der Waals surface area contributed by atoms with E-state index in [1.165, 1.54) is 0 Å². The van der Waals surface area contributed by atoms with Crippen molar-refractivity contribution in [2.24, 2.45) is 0 Å². The van der Waals surface area contributed by atoms with Gasteiger partial charge in [-0.15, -0.1) is 5.54 Å². The molecule has 1 nitrogen and oxygen atoms in total. The van der Waals surface area contributed by atoms with E-state index in [0.29, 0.717) is 0 Å². The highest BCUT2D eigenvalue weighted by Gasteiger charge is 2.12. The van der Waals surface area contributed by atoms with Gasteiger partial charge in [-0.3, -0.25) is 0 Å². The van der Waals surface area contributed by atoms with Crippen molar-refractivity contribution in [2.45, 2.75) is 19.6 Å². The first-order chi connectivity index (χ1) is 12.4. The standard InChI is InChI=1S/C23H19ClOSi/c1-26(2,3)13-12-16-8-10-18(24)15-20(16)17-9-11-23-21(14-17)19-6-4-5-7-22(19)25-23/h4-11,14-15H,1-3H3. The Bertz CT molecular complexity index is 1190. The average molecular weight is 375 g/mol. The lowest BCUT2D eigenvalue weighted by Gasteiger charge is -2.08. The van der Waals surface area contributed by atoms with E-state index in [0.717, 1.165) is 43.7 Å². The summed E-state index contributed by atoms with van der Waals surface area (Å²) in [6.45, 7) is 6.75. The van der Waals surface area contributed by atoms with Crippen molar-refractivity contribution in [3.05, 3.63) is 71.2 Å². The van der Waals surface area contributed by atoms with Crippen LogP contribution in [0.2, 0.25) is 24.7 Å². The van der Waals surface area contributed by atoms with Gasteiger partial charge in [0.2, 0.25) is 0 Å². The van der Waals surface area contributed by atoms with Crippen molar-refractivity contribution in [3.8, 4) is 22.6 Å². The smallest absolute Gasteiger partial charge is 0.135 e. The predicted molar refractivity (Wildman–Crippen MR) is 114 cm³/mol. The summed E-state index contributed by atoms with van der Waals surface area (Å²) in [5, 5.41) is 2.96. The second-order valence-corrected chi connectivity index (χ2v) is 12.7. The Hall–Kier alpha value is -2.47. The van der Waals surface area contributed by atoms with E-state index in [2.05, 4.69) is 49.3 Å². The molecule has 0 aliphatic rings. The first-order valence-electron chi connectivity index (χ1n) is 8.65. The average Bonchev–Trinajstić information content (AvgIpc) is 2.97. The van der Waals surface area contributed by atoms with Gasteiger partial charge in [0.05, 0.1) is 0 Å². The van der Waals surface area contributed by atoms with Gasteiger partial charge in [0, 0.05) is 21.4 Å². The van der Waals surface area contributed by atoms with Gasteiger partial charge in [-0.2, -0.15) is 0 Å². The van der Waals surface area contributed by atoms with Crippen LogP contribution in [0, 0.1) is 11.5 Å². The second kappa shape index (κ2) is 6.36. The molecule has 128 valence electrons. The maximum atomic E-state index is 6.29. The Morgan fingerprint density at radius 1 is 0.846 bits per heavy atom. The Morgan fingerprint density at radius 3 is 2.42 bits per heavy atom. The molecule has 0 amide bonds. The summed E-state index contributed by atoms with van der Waals surface area (Å²) in [7, 11) is -1.46. The fraction of sp³-hybridized carbons (Fsp3) is 0.130. The number of furan rings is 1. The first-order valence-corrected chi connectivity index (χ1v) is 12.5. The van der Waals surface area contributed by atoms with Crippen LogP contribution in [0.25, 0.3) is 33.1 Å². The molecular weight excluding hydrogens is 356 g/mol. The largest absolute Gasteiger partial charge is 0.456 e. The summed E-state index contributed by atoms with van der Waals surface area (Å²) < 4.78 is 5.94. The fourth-order valence-corrected chi connectivity index (χ4v) is 3.69. The summed E-state index contributed by atoms with van der Waals surface area (Å²) in [6.07, 6.45) is 0. The minimum Gasteiger partial charge on any atom is -0.456 e. The molecular formula is C23H19ClOSi. The number of para-hydroxylation sites is 1. The molecule has 0 saturated carbocycles. The molecule has 3 heteroatoms. The molecule has 0 fully saturated rings. The molecule has 0 radical (unpaired) electrons. The van der Waals surface area contributed by atoms with Crippen LogP contribution in [0.15, 0.2) is 65.1 Å². The third-order valence-electron chi connectivity index (χ3n) is 4.24. The highest BCUT2D eigenvalue weighted by Crippen LogP contribution is 2.34. The van der Waals surface area contributed by atoms with Crippen LogP contribution in [0.4, 0.5) is 0 Å². The van der Waals surface area contributed by atoms with E-state index in [4.69, 9.17) is 16.0 Å². The van der Waals surface area contributed by atoms with Gasteiger partial charge in [0.15, 0.2) is 0 Å². The molecule has 26 heavy (non-hydrogen) atoms. The highest BCUT2D eigenvalue weighted by atomic mass is 35.5. The van der Waals surface area contributed by atoms with E-state index in [9.17, 15) is 0 Å². The number of halogens is 1. The van der Waals surface area contributed by atoms with Crippen LogP contribution in [0.1, 0.15) is 5.56 Å². The van der Waals surface area contributed by atoms with Crippen LogP contribution in [-0.4, -0.2) is 8.07 Å². The molecule has 0 atom stereocenters. The third-order valence-corrected chi connectivity index (χ3v) is 5.35. The summed E-state index contributed by atoms with van der Waals surface area (Å²) in [5.41, 5.74) is 8.44. The Kier molecular flexibility index (Phi) is 4.15. The molecule has 0 aliphatic carbocycles. The third kappa shape index (κ3) is 3.29. The quantitative estimate of drug-likeness (QED) is 0.255. The van der Waals surface area contributed by atoms with Crippen LogP contribution in [0.3, 0.4) is 0 Å². The number of fused-ring (bicyclic) bond motifs is 3. The lowest BCUT2D eigenvalue weighted by atomic mass is 9.98. The molecule has 0 bridgehead atoms. The predicted octanol–water partition coefficient (Wildman–Crippen LogP) is 7.14. The van der Waals surface area contributed by atoms with Gasteiger partial charge in [-0.1, -0.05) is 61.4 Å². The van der Waals surface area contributed by atoms with Gasteiger partial charge in [-0.25, -0.2) is 0 Å². The number of hydrogen-bond donors (Lipinski definition) is 0. The SMILES string of the molecule is C[Si](C)(C)C#Cc1ccc(Cl)cc1-c1ccc2oc3ccccc3c2c1. The maximum absolute atomic E-state index is 6.29. The zero-order valence-corrected chi connectivity index (χ0v) is 16.8. The highest BCUT2D eigenvalue weighted by molar-refractivity contribution is 6.83. The maximum Gasteiger partial charge on any atom is 0.135 e. The molecule has 0 saturated heterocycles. The monoisotopic (exact) mass is 374 g/mol. The van der Waals surface area contributed by atoms with Crippen LogP contribution >= 0.6 is 11.6 Å². The molecule has 0 spiro atoms. The number of benzene rings is 3. The summed E-state index contributed by atoms with van der Waals surface area (Å²) in [5.74, 6) is 3.39. The molecule has 1 aromatic heterocycles. The fourth-order valence-electron chi connectivity index (χ4n) is 3.01. The first kappa shape index (κ1) is 17.0. The molecule has 0 unspecified atom stereocenters. The molecule has 1 heterocycles. The summed E-state index contributed by atoms with van der Waals surface area (Å²) >= 11 is 6.29. The number of hydrogen-bond acceptors (Lipinski definition) is 1. The minimum absolute atomic E-state index is 0.718. The van der Waals surface area contributed by atoms with Crippen LogP contribution < -0.4 is 0 Å². The van der Waals surface area contributed by atoms with E-state index in [-0.39, 0.29) is 0 Å². The van der Waals surface area contributed by atoms with Crippen molar-refractivity contribution < 1.29 is 4.42 Å². The topological polar surface area (TPSA) is 13.1 Å². The van der Waals surface area contributed by atoms with Crippen molar-refractivity contribution in [1.82, 2.24) is 0 Å². The van der Waals surface area contributed by atoms with Gasteiger partial charge in [0.25, 0.3) is 0 Å². The molecule has 4 aromatic rings.